The topological polar surface area (TPSA) is 47.6 Å². The van der Waals surface area contributed by atoms with E-state index in [-0.39, 0.29) is 24.7 Å². The summed E-state index contributed by atoms with van der Waals surface area (Å²) >= 11 is 0. The van der Waals surface area contributed by atoms with Crippen LogP contribution in [0, 0.1) is 5.92 Å². The lowest BCUT2D eigenvalue weighted by molar-refractivity contribution is -0.125. The first kappa shape index (κ1) is 15.7. The Balaban J connectivity index is 2.01. The molecule has 4 nitrogen and oxygen atoms in total. The van der Waals surface area contributed by atoms with Gasteiger partial charge in [-0.2, -0.15) is 0 Å². The molecule has 1 amide bonds. The Morgan fingerprint density at radius 3 is 2.76 bits per heavy atom. The van der Waals surface area contributed by atoms with E-state index >= 15 is 0 Å². The minimum absolute atomic E-state index is 0.0241. The first-order valence-corrected chi connectivity index (χ1v) is 7.85. The zero-order chi connectivity index (χ0) is 15.2. The summed E-state index contributed by atoms with van der Waals surface area (Å²) in [5.74, 6) is 1.73. The van der Waals surface area contributed by atoms with E-state index in [9.17, 15) is 4.79 Å². The van der Waals surface area contributed by atoms with Crippen LogP contribution in [0.25, 0.3) is 0 Å². The molecule has 1 N–H and O–H groups in total. The molecule has 2 atom stereocenters. The molecule has 0 aromatic heterocycles. The summed E-state index contributed by atoms with van der Waals surface area (Å²) in [5.41, 5.74) is 1.07. The molecule has 0 fully saturated rings. The maximum absolute atomic E-state index is 12.3. The van der Waals surface area contributed by atoms with E-state index < -0.39 is 0 Å². The van der Waals surface area contributed by atoms with Gasteiger partial charge < -0.3 is 14.8 Å². The second-order valence-corrected chi connectivity index (χ2v) is 5.63. The molecule has 4 heteroatoms. The van der Waals surface area contributed by atoms with Crippen molar-refractivity contribution in [1.82, 2.24) is 5.32 Å². The highest BCUT2D eigenvalue weighted by molar-refractivity contribution is 5.78. The van der Waals surface area contributed by atoms with Crippen molar-refractivity contribution in [2.75, 3.05) is 6.79 Å². The Morgan fingerprint density at radius 1 is 1.29 bits per heavy atom. The van der Waals surface area contributed by atoms with E-state index in [1.54, 1.807) is 0 Å². The van der Waals surface area contributed by atoms with Gasteiger partial charge in [-0.1, -0.05) is 39.7 Å². The molecule has 0 radical (unpaired) electrons. The lowest BCUT2D eigenvalue weighted by atomic mass is 10.00. The Labute approximate surface area is 126 Å². The van der Waals surface area contributed by atoms with Crippen LogP contribution in [0.1, 0.15) is 58.1 Å². The fraction of sp³-hybridized carbons (Fsp3) is 0.588. The van der Waals surface area contributed by atoms with Gasteiger partial charge in [0.15, 0.2) is 11.5 Å². The van der Waals surface area contributed by atoms with Crippen LogP contribution in [0.5, 0.6) is 11.5 Å². The van der Waals surface area contributed by atoms with Gasteiger partial charge in [0.25, 0.3) is 0 Å². The first-order valence-electron chi connectivity index (χ1n) is 7.85. The fourth-order valence-electron chi connectivity index (χ4n) is 2.51. The van der Waals surface area contributed by atoms with E-state index in [1.807, 2.05) is 25.1 Å². The molecular weight excluding hydrogens is 266 g/mol. The zero-order valence-electron chi connectivity index (χ0n) is 13.1. The highest BCUT2D eigenvalue weighted by atomic mass is 16.7. The fourth-order valence-corrected chi connectivity index (χ4v) is 2.51. The van der Waals surface area contributed by atoms with Crippen molar-refractivity contribution in [3.63, 3.8) is 0 Å². The van der Waals surface area contributed by atoms with Crippen molar-refractivity contribution in [3.8, 4) is 11.5 Å². The van der Waals surface area contributed by atoms with Gasteiger partial charge in [-0.05, 0) is 30.5 Å². The van der Waals surface area contributed by atoms with Crippen molar-refractivity contribution in [2.24, 2.45) is 5.92 Å². The van der Waals surface area contributed by atoms with Crippen LogP contribution in [-0.2, 0) is 4.79 Å². The largest absolute Gasteiger partial charge is 0.454 e. The Kier molecular flexibility index (Phi) is 5.48. The van der Waals surface area contributed by atoms with E-state index in [0.29, 0.717) is 0 Å². The Morgan fingerprint density at radius 2 is 2.05 bits per heavy atom. The number of fused-ring (bicyclic) bond motifs is 1. The number of carbonyl (C=O) groups excluding carboxylic acids is 1. The maximum atomic E-state index is 12.3. The second-order valence-electron chi connectivity index (χ2n) is 5.63. The van der Waals surface area contributed by atoms with Gasteiger partial charge in [-0.15, -0.1) is 0 Å². The summed E-state index contributed by atoms with van der Waals surface area (Å²) in [6.45, 7) is 6.49. The molecule has 1 aliphatic heterocycles. The van der Waals surface area contributed by atoms with Gasteiger partial charge in [0.05, 0.1) is 6.04 Å². The molecule has 0 aliphatic carbocycles. The molecule has 116 valence electrons. The molecule has 1 aliphatic rings. The van der Waals surface area contributed by atoms with E-state index in [1.165, 1.54) is 0 Å². The smallest absolute Gasteiger partial charge is 0.231 e. The van der Waals surface area contributed by atoms with Gasteiger partial charge in [0, 0.05) is 5.92 Å². The summed E-state index contributed by atoms with van der Waals surface area (Å²) in [6, 6.07) is 5.90. The summed E-state index contributed by atoms with van der Waals surface area (Å²) in [7, 11) is 0. The molecule has 0 bridgehead atoms. The number of ether oxygens (including phenoxy) is 2. The van der Waals surface area contributed by atoms with Crippen LogP contribution < -0.4 is 14.8 Å². The average molecular weight is 291 g/mol. The minimum atomic E-state index is 0.0241. The van der Waals surface area contributed by atoms with E-state index in [4.69, 9.17) is 9.47 Å². The number of unbranched alkanes of at least 4 members (excludes halogenated alkanes) is 1. The molecule has 0 saturated carbocycles. The number of carbonyl (C=O) groups is 1. The third-order valence-electron chi connectivity index (χ3n) is 3.96. The van der Waals surface area contributed by atoms with Crippen LogP contribution in [0.15, 0.2) is 18.2 Å². The van der Waals surface area contributed by atoms with Crippen LogP contribution >= 0.6 is 0 Å². The van der Waals surface area contributed by atoms with E-state index in [2.05, 4.69) is 19.2 Å². The zero-order valence-corrected chi connectivity index (χ0v) is 13.1. The van der Waals surface area contributed by atoms with Gasteiger partial charge in [-0.25, -0.2) is 0 Å². The van der Waals surface area contributed by atoms with Crippen molar-refractivity contribution < 1.29 is 14.3 Å². The summed E-state index contributed by atoms with van der Waals surface area (Å²) in [6.07, 6.45) is 4.01. The van der Waals surface area contributed by atoms with E-state index in [0.717, 1.165) is 42.7 Å². The lowest BCUT2D eigenvalue weighted by Crippen LogP contribution is -2.32. The Hall–Kier alpha value is -1.71. The van der Waals surface area contributed by atoms with Gasteiger partial charge in [0.2, 0.25) is 12.7 Å². The number of amides is 1. The number of nitrogens with one attached hydrogen (secondary N) is 1. The monoisotopic (exact) mass is 291 g/mol. The normalized spacial score (nSPS) is 15.6. The summed E-state index contributed by atoms with van der Waals surface area (Å²) in [5, 5.41) is 3.15. The lowest BCUT2D eigenvalue weighted by Gasteiger charge is -2.20. The average Bonchev–Trinajstić information content (AvgIpc) is 2.97. The van der Waals surface area contributed by atoms with Crippen molar-refractivity contribution in [2.45, 2.75) is 52.5 Å². The molecule has 21 heavy (non-hydrogen) atoms. The summed E-state index contributed by atoms with van der Waals surface area (Å²) < 4.78 is 10.7. The van der Waals surface area contributed by atoms with Gasteiger partial charge in [-0.3, -0.25) is 4.79 Å². The molecule has 1 heterocycles. The van der Waals surface area contributed by atoms with Crippen LogP contribution in [0.4, 0.5) is 0 Å². The number of benzene rings is 1. The van der Waals surface area contributed by atoms with Crippen LogP contribution in [-0.4, -0.2) is 12.7 Å². The van der Waals surface area contributed by atoms with Crippen molar-refractivity contribution in [3.05, 3.63) is 23.8 Å². The van der Waals surface area contributed by atoms with Gasteiger partial charge in [0.1, 0.15) is 0 Å². The quantitative estimate of drug-likeness (QED) is 0.831. The standard InChI is InChI=1S/C17H25NO3/c1-4-6-7-12(3)17(19)18-14(5-2)13-8-9-15-16(10-13)21-11-20-15/h8-10,12,14H,4-7,11H2,1-3H3,(H,18,19). The third kappa shape index (κ3) is 3.90. The summed E-state index contributed by atoms with van der Waals surface area (Å²) in [4.78, 5) is 12.3. The molecule has 1 aromatic carbocycles. The van der Waals surface area contributed by atoms with Crippen molar-refractivity contribution >= 4 is 5.91 Å². The molecule has 0 spiro atoms. The van der Waals surface area contributed by atoms with Crippen LogP contribution in [0.2, 0.25) is 0 Å². The van der Waals surface area contributed by atoms with Crippen molar-refractivity contribution in [1.29, 1.82) is 0 Å². The molecule has 0 saturated heterocycles. The highest BCUT2D eigenvalue weighted by Crippen LogP contribution is 2.34. The minimum Gasteiger partial charge on any atom is -0.454 e. The molecule has 2 rings (SSSR count). The number of hydrogen-bond acceptors (Lipinski definition) is 3. The molecule has 1 aromatic rings. The molecule has 2 unspecified atom stereocenters. The van der Waals surface area contributed by atoms with Gasteiger partial charge >= 0.3 is 0 Å². The predicted molar refractivity (Wildman–Crippen MR) is 82.4 cm³/mol. The van der Waals surface area contributed by atoms with Crippen LogP contribution in [0.3, 0.4) is 0 Å². The SMILES string of the molecule is CCCCC(C)C(=O)NC(CC)c1ccc2c(c1)OCO2. The first-order chi connectivity index (χ1) is 10.2. The predicted octanol–water partition coefficient (Wildman–Crippen LogP) is 3.81. The maximum Gasteiger partial charge on any atom is 0.231 e. The number of hydrogen-bond donors (Lipinski definition) is 1. The highest BCUT2D eigenvalue weighted by Gasteiger charge is 2.20. The molecular formula is C17H25NO3. The third-order valence-corrected chi connectivity index (χ3v) is 3.96. The second kappa shape index (κ2) is 7.34. The Bertz CT molecular complexity index is 487. The number of rotatable bonds is 7.